The van der Waals surface area contributed by atoms with Crippen LogP contribution in [0.5, 0.6) is 0 Å². The average Bonchev–Trinajstić information content (AvgIpc) is 3.27. The minimum absolute atomic E-state index is 0.386. The first-order valence-corrected chi connectivity index (χ1v) is 13.1. The van der Waals surface area contributed by atoms with E-state index in [1.807, 2.05) is 0 Å². The average molecular weight is 445 g/mol. The van der Waals surface area contributed by atoms with Crippen molar-refractivity contribution in [3.8, 4) is 22.5 Å². The zero-order valence-electron chi connectivity index (χ0n) is 20.9. The van der Waals surface area contributed by atoms with Crippen LogP contribution in [0.3, 0.4) is 0 Å². The number of hydrogen-bond acceptors (Lipinski definition) is 3. The first-order chi connectivity index (χ1) is 16.2. The Morgan fingerprint density at radius 1 is 0.818 bits per heavy atom. The van der Waals surface area contributed by atoms with Crippen molar-refractivity contribution < 1.29 is 0 Å². The van der Waals surface area contributed by atoms with Crippen LogP contribution in [-0.4, -0.2) is 21.0 Å². The van der Waals surface area contributed by atoms with Crippen LogP contribution in [0.4, 0.5) is 5.69 Å². The van der Waals surface area contributed by atoms with Crippen LogP contribution in [0, 0.1) is 0 Å². The second-order valence-corrected chi connectivity index (χ2v) is 9.61. The third-order valence-electron chi connectivity index (χ3n) is 7.14. The van der Waals surface area contributed by atoms with Crippen molar-refractivity contribution in [3.05, 3.63) is 54.1 Å². The molecule has 2 unspecified atom stereocenters. The van der Waals surface area contributed by atoms with Crippen LogP contribution in [0.25, 0.3) is 22.5 Å². The van der Waals surface area contributed by atoms with Crippen LogP contribution >= 0.6 is 0 Å². The summed E-state index contributed by atoms with van der Waals surface area (Å²) >= 11 is 0. The van der Waals surface area contributed by atoms with E-state index in [1.165, 1.54) is 60.2 Å². The molecule has 176 valence electrons. The largest absolute Gasteiger partial charge is 0.364 e. The summed E-state index contributed by atoms with van der Waals surface area (Å²) < 4.78 is 2.27. The maximum Gasteiger partial charge on any atom is 0.121 e. The summed E-state index contributed by atoms with van der Waals surface area (Å²) in [6, 6.07) is 18.6. The van der Waals surface area contributed by atoms with E-state index >= 15 is 0 Å². The molecule has 0 bridgehead atoms. The number of fused-ring (bicyclic) bond motifs is 5. The highest BCUT2D eigenvalue weighted by atomic mass is 15.4. The third kappa shape index (κ3) is 4.85. The Morgan fingerprint density at radius 3 is 2.27 bits per heavy atom. The highest BCUT2D eigenvalue weighted by molar-refractivity contribution is 5.88. The van der Waals surface area contributed by atoms with Gasteiger partial charge in [0, 0.05) is 29.4 Å². The van der Waals surface area contributed by atoms with Gasteiger partial charge in [-0.05, 0) is 37.8 Å². The Bertz CT molecular complexity index is 1040. The molecule has 2 atom stereocenters. The number of rotatable bonds is 10. The van der Waals surface area contributed by atoms with Gasteiger partial charge in [-0.25, -0.2) is 4.68 Å². The van der Waals surface area contributed by atoms with Gasteiger partial charge in [-0.1, -0.05) is 101 Å². The van der Waals surface area contributed by atoms with Gasteiger partial charge in [0.1, 0.15) is 5.69 Å². The zero-order chi connectivity index (χ0) is 23.2. The van der Waals surface area contributed by atoms with Crippen molar-refractivity contribution in [1.82, 2.24) is 15.0 Å². The van der Waals surface area contributed by atoms with Gasteiger partial charge >= 0.3 is 0 Å². The first-order valence-electron chi connectivity index (χ1n) is 13.1. The minimum Gasteiger partial charge on any atom is -0.364 e. The smallest absolute Gasteiger partial charge is 0.121 e. The predicted octanol–water partition coefficient (Wildman–Crippen LogP) is 8.04. The van der Waals surface area contributed by atoms with Gasteiger partial charge in [0.2, 0.25) is 0 Å². The monoisotopic (exact) mass is 444 g/mol. The molecule has 2 heterocycles. The van der Waals surface area contributed by atoms with Crippen LogP contribution in [0.1, 0.15) is 90.7 Å². The second kappa shape index (κ2) is 11.0. The molecule has 3 aromatic rings. The van der Waals surface area contributed by atoms with E-state index in [9.17, 15) is 0 Å². The van der Waals surface area contributed by atoms with Crippen LogP contribution < -0.4 is 4.90 Å². The molecular formula is C29H40N4. The fourth-order valence-corrected chi connectivity index (χ4v) is 5.27. The maximum absolute atomic E-state index is 4.82. The van der Waals surface area contributed by atoms with Crippen LogP contribution in [0.15, 0.2) is 48.5 Å². The molecule has 4 nitrogen and oxygen atoms in total. The highest BCUT2D eigenvalue weighted by Crippen LogP contribution is 2.43. The number of anilines is 1. The molecule has 0 saturated heterocycles. The molecule has 0 saturated carbocycles. The van der Waals surface area contributed by atoms with E-state index in [0.29, 0.717) is 12.1 Å². The summed E-state index contributed by atoms with van der Waals surface area (Å²) in [5, 5.41) is 9.64. The van der Waals surface area contributed by atoms with Gasteiger partial charge in [0.05, 0.1) is 11.7 Å². The maximum atomic E-state index is 4.82. The lowest BCUT2D eigenvalue weighted by Gasteiger charge is -2.35. The summed E-state index contributed by atoms with van der Waals surface area (Å²) in [5.41, 5.74) is 7.38. The van der Waals surface area contributed by atoms with E-state index in [4.69, 9.17) is 10.3 Å². The van der Waals surface area contributed by atoms with Crippen LogP contribution in [-0.2, 0) is 6.54 Å². The second-order valence-electron chi connectivity index (χ2n) is 9.61. The first kappa shape index (κ1) is 23.5. The molecule has 1 aliphatic heterocycles. The van der Waals surface area contributed by atoms with E-state index in [2.05, 4.69) is 85.8 Å². The summed E-state index contributed by atoms with van der Waals surface area (Å²) in [4.78, 5) is 2.62. The summed E-state index contributed by atoms with van der Waals surface area (Å²) in [6.45, 7) is 10.1. The van der Waals surface area contributed by atoms with Crippen molar-refractivity contribution in [3.63, 3.8) is 0 Å². The van der Waals surface area contributed by atoms with E-state index in [-0.39, 0.29) is 0 Å². The normalized spacial score (nSPS) is 14.6. The van der Waals surface area contributed by atoms with Crippen molar-refractivity contribution in [2.45, 2.75) is 97.7 Å². The molecule has 0 fully saturated rings. The number of hydrogen-bond donors (Lipinski definition) is 0. The standard InChI is InChI=1S/C29H40N4/c1-5-8-15-22(4)32-21-23-16-10-11-18-25(23)28-29(26-19-12-13-20-27(26)32)33(31-30-28)24(14-7-3)17-9-6-2/h10-13,16,18-20,22,24H,5-9,14-15,17,21H2,1-4H3. The molecule has 4 heteroatoms. The Morgan fingerprint density at radius 2 is 1.52 bits per heavy atom. The molecule has 0 N–H and O–H groups in total. The van der Waals surface area contributed by atoms with E-state index in [0.717, 1.165) is 31.5 Å². The van der Waals surface area contributed by atoms with Gasteiger partial charge in [-0.15, -0.1) is 5.10 Å². The Labute approximate surface area is 200 Å². The van der Waals surface area contributed by atoms with Crippen molar-refractivity contribution >= 4 is 5.69 Å². The topological polar surface area (TPSA) is 34.0 Å². The molecule has 0 radical (unpaired) electrons. The molecule has 0 amide bonds. The quantitative estimate of drug-likeness (QED) is 0.317. The molecule has 1 aliphatic rings. The van der Waals surface area contributed by atoms with Gasteiger partial charge in [0.15, 0.2) is 0 Å². The molecule has 2 aromatic carbocycles. The zero-order valence-corrected chi connectivity index (χ0v) is 20.9. The fraction of sp³-hybridized carbons (Fsp3) is 0.517. The van der Waals surface area contributed by atoms with Crippen LogP contribution in [0.2, 0.25) is 0 Å². The molecule has 33 heavy (non-hydrogen) atoms. The number of nitrogens with zero attached hydrogens (tertiary/aromatic N) is 4. The van der Waals surface area contributed by atoms with E-state index in [1.54, 1.807) is 0 Å². The molecule has 0 spiro atoms. The highest BCUT2D eigenvalue weighted by Gasteiger charge is 2.29. The summed E-state index contributed by atoms with van der Waals surface area (Å²) in [5.74, 6) is 0. The SMILES string of the molecule is CCCCC(C)N1Cc2ccccc2-c2nnn(C(CCC)CCCC)c2-c2ccccc21. The molecule has 1 aromatic heterocycles. The number of aromatic nitrogens is 3. The van der Waals surface area contributed by atoms with Gasteiger partial charge in [-0.2, -0.15) is 0 Å². The van der Waals surface area contributed by atoms with Crippen molar-refractivity contribution in [1.29, 1.82) is 0 Å². The summed E-state index contributed by atoms with van der Waals surface area (Å²) in [6.07, 6.45) is 9.55. The molecule has 4 rings (SSSR count). The van der Waals surface area contributed by atoms with Gasteiger partial charge < -0.3 is 4.90 Å². The lowest BCUT2D eigenvalue weighted by Crippen LogP contribution is -2.34. The van der Waals surface area contributed by atoms with Gasteiger partial charge in [0.25, 0.3) is 0 Å². The molecule has 0 aliphatic carbocycles. The van der Waals surface area contributed by atoms with Crippen molar-refractivity contribution in [2.75, 3.05) is 4.90 Å². The molecular weight excluding hydrogens is 404 g/mol. The Hall–Kier alpha value is -2.62. The van der Waals surface area contributed by atoms with Crippen molar-refractivity contribution in [2.24, 2.45) is 0 Å². The predicted molar refractivity (Wildman–Crippen MR) is 140 cm³/mol. The number of unbranched alkanes of at least 4 members (excludes halogenated alkanes) is 2. The Kier molecular flexibility index (Phi) is 7.85. The minimum atomic E-state index is 0.386. The Balaban J connectivity index is 1.92. The summed E-state index contributed by atoms with van der Waals surface area (Å²) in [7, 11) is 0. The lowest BCUT2D eigenvalue weighted by atomic mass is 9.93. The number of para-hydroxylation sites is 1. The van der Waals surface area contributed by atoms with Gasteiger partial charge in [-0.3, -0.25) is 0 Å². The fourth-order valence-electron chi connectivity index (χ4n) is 5.27. The third-order valence-corrected chi connectivity index (χ3v) is 7.14. The number of benzene rings is 2. The lowest BCUT2D eigenvalue weighted by molar-refractivity contribution is 0.380. The van der Waals surface area contributed by atoms with E-state index < -0.39 is 0 Å².